The molecule has 0 saturated carbocycles. The lowest BCUT2D eigenvalue weighted by Gasteiger charge is -2.11. The number of carbonyl (C=O) groups excluding carboxylic acids is 3. The maximum absolute atomic E-state index is 12.1. The lowest BCUT2D eigenvalue weighted by molar-refractivity contribution is -0.145. The summed E-state index contributed by atoms with van der Waals surface area (Å²) in [6, 6.07) is 7.99. The maximum Gasteiger partial charge on any atom is 0.328 e. The van der Waals surface area contributed by atoms with Gasteiger partial charge in [-0.2, -0.15) is 0 Å². The number of rotatable bonds is 8. The number of hydrogen-bond donors (Lipinski definition) is 2. The Labute approximate surface area is 163 Å². The second-order valence-electron chi connectivity index (χ2n) is 6.36. The van der Waals surface area contributed by atoms with Crippen molar-refractivity contribution in [3.05, 3.63) is 58.9 Å². The van der Waals surface area contributed by atoms with Crippen molar-refractivity contribution in [3.63, 3.8) is 0 Å². The quantitative estimate of drug-likeness (QED) is 0.414. The van der Waals surface area contributed by atoms with Crippen molar-refractivity contribution in [2.75, 3.05) is 13.7 Å². The van der Waals surface area contributed by atoms with E-state index >= 15 is 0 Å². The van der Waals surface area contributed by atoms with Gasteiger partial charge in [-0.05, 0) is 50.6 Å². The first-order valence-corrected chi connectivity index (χ1v) is 8.79. The number of amides is 1. The van der Waals surface area contributed by atoms with Gasteiger partial charge in [-0.25, -0.2) is 4.79 Å². The number of Topliss-reactive ketones (excluding diaryl/α,β-unsaturated/α-hetero) is 1. The van der Waals surface area contributed by atoms with E-state index < -0.39 is 17.9 Å². The first kappa shape index (κ1) is 21.0. The van der Waals surface area contributed by atoms with E-state index in [0.717, 1.165) is 22.7 Å². The van der Waals surface area contributed by atoms with Crippen LogP contribution in [0.15, 0.2) is 36.4 Å². The summed E-state index contributed by atoms with van der Waals surface area (Å²) in [5.74, 6) is -0.696. The third kappa shape index (κ3) is 5.84. The molecule has 0 radical (unpaired) electrons. The van der Waals surface area contributed by atoms with Gasteiger partial charge in [-0.1, -0.05) is 12.1 Å². The normalized spacial score (nSPS) is 11.9. The van der Waals surface area contributed by atoms with Gasteiger partial charge in [0.15, 0.2) is 6.61 Å². The summed E-state index contributed by atoms with van der Waals surface area (Å²) in [6.07, 6.45) is 2.94. The van der Waals surface area contributed by atoms with Gasteiger partial charge >= 0.3 is 5.97 Å². The zero-order chi connectivity index (χ0) is 20.7. The predicted molar refractivity (Wildman–Crippen MR) is 105 cm³/mol. The number of ether oxygens (including phenoxy) is 2. The molecule has 28 heavy (non-hydrogen) atoms. The minimum Gasteiger partial charge on any atom is -0.497 e. The summed E-state index contributed by atoms with van der Waals surface area (Å²) in [6.45, 7) is 4.74. The second-order valence-corrected chi connectivity index (χ2v) is 6.36. The number of nitrogens with one attached hydrogen (secondary N) is 2. The van der Waals surface area contributed by atoms with Crippen LogP contribution >= 0.6 is 0 Å². The molecule has 1 aromatic heterocycles. The minimum absolute atomic E-state index is 0.298. The molecule has 0 spiro atoms. The molecule has 0 saturated heterocycles. The topological polar surface area (TPSA) is 97.5 Å². The van der Waals surface area contributed by atoms with Crippen molar-refractivity contribution in [2.45, 2.75) is 26.8 Å². The highest BCUT2D eigenvalue weighted by atomic mass is 16.5. The molecule has 2 rings (SSSR count). The second kappa shape index (κ2) is 9.55. The Kier molecular flexibility index (Phi) is 7.14. The highest BCUT2D eigenvalue weighted by molar-refractivity contribution is 5.99. The van der Waals surface area contributed by atoms with E-state index in [1.807, 2.05) is 6.92 Å². The number of benzene rings is 1. The minimum atomic E-state index is -0.880. The fraction of sp³-hybridized carbons (Fsp3) is 0.286. The molecule has 148 valence electrons. The fourth-order valence-electron chi connectivity index (χ4n) is 2.56. The standard InChI is InChI=1S/C21H24N2O5/c1-13-11-18(14(2)22-13)19(24)12-28-21(26)15(3)23-20(25)10-7-16-5-8-17(27-4)9-6-16/h5-11,15,22H,12H2,1-4H3,(H,23,25)/b10-7+/t15-/m0/s1. The monoisotopic (exact) mass is 384 g/mol. The van der Waals surface area contributed by atoms with Crippen LogP contribution < -0.4 is 10.1 Å². The molecule has 2 aromatic rings. The first-order valence-electron chi connectivity index (χ1n) is 8.79. The van der Waals surface area contributed by atoms with E-state index in [1.165, 1.54) is 13.0 Å². The van der Waals surface area contributed by atoms with Gasteiger partial charge in [-0.15, -0.1) is 0 Å². The van der Waals surface area contributed by atoms with Gasteiger partial charge in [0.05, 0.1) is 7.11 Å². The summed E-state index contributed by atoms with van der Waals surface area (Å²) < 4.78 is 10.1. The molecule has 7 nitrogen and oxygen atoms in total. The fourth-order valence-corrected chi connectivity index (χ4v) is 2.56. The van der Waals surface area contributed by atoms with E-state index in [1.54, 1.807) is 50.4 Å². The van der Waals surface area contributed by atoms with Gasteiger partial charge in [0.1, 0.15) is 11.8 Å². The van der Waals surface area contributed by atoms with Crippen LogP contribution in [0.3, 0.4) is 0 Å². The molecule has 0 aliphatic heterocycles. The van der Waals surface area contributed by atoms with E-state index in [0.29, 0.717) is 5.56 Å². The molecule has 0 fully saturated rings. The van der Waals surface area contributed by atoms with E-state index in [-0.39, 0.29) is 12.4 Å². The summed E-state index contributed by atoms with van der Waals surface area (Å²) in [7, 11) is 1.58. The zero-order valence-electron chi connectivity index (χ0n) is 16.4. The average molecular weight is 384 g/mol. The van der Waals surface area contributed by atoms with E-state index in [4.69, 9.17) is 9.47 Å². The number of aryl methyl sites for hydroxylation is 2. The number of aromatic nitrogens is 1. The number of hydrogen-bond acceptors (Lipinski definition) is 5. The molecule has 1 atom stereocenters. The lowest BCUT2D eigenvalue weighted by Crippen LogP contribution is -2.39. The third-order valence-corrected chi connectivity index (χ3v) is 4.05. The molecular formula is C21H24N2O5. The van der Waals surface area contributed by atoms with Gasteiger partial charge in [-0.3, -0.25) is 9.59 Å². The number of aromatic amines is 1. The van der Waals surface area contributed by atoms with Gasteiger partial charge < -0.3 is 19.8 Å². The van der Waals surface area contributed by atoms with Crippen LogP contribution in [0.1, 0.15) is 34.2 Å². The molecule has 7 heteroatoms. The van der Waals surface area contributed by atoms with Crippen molar-refractivity contribution in [1.29, 1.82) is 0 Å². The van der Waals surface area contributed by atoms with Gasteiger partial charge in [0.25, 0.3) is 0 Å². The Morgan fingerprint density at radius 3 is 2.43 bits per heavy atom. The molecule has 1 heterocycles. The Hall–Kier alpha value is -3.35. The number of esters is 1. The SMILES string of the molecule is COc1ccc(/C=C/C(=O)N[C@@H](C)C(=O)OCC(=O)c2cc(C)[nH]c2C)cc1. The highest BCUT2D eigenvalue weighted by Crippen LogP contribution is 2.12. The summed E-state index contributed by atoms with van der Waals surface area (Å²) >= 11 is 0. The number of H-pyrrole nitrogens is 1. The molecule has 2 N–H and O–H groups in total. The zero-order valence-corrected chi connectivity index (χ0v) is 16.4. The van der Waals surface area contributed by atoms with E-state index in [9.17, 15) is 14.4 Å². The number of carbonyl (C=O) groups is 3. The number of methoxy groups -OCH3 is 1. The van der Waals surface area contributed by atoms with Crippen LogP contribution in [0.4, 0.5) is 0 Å². The van der Waals surface area contributed by atoms with Crippen molar-refractivity contribution < 1.29 is 23.9 Å². The van der Waals surface area contributed by atoms with Crippen LogP contribution in [-0.4, -0.2) is 42.4 Å². The molecule has 0 aliphatic carbocycles. The van der Waals surface area contributed by atoms with Crippen molar-refractivity contribution in [1.82, 2.24) is 10.3 Å². The number of ketones is 1. The largest absolute Gasteiger partial charge is 0.497 e. The Bertz CT molecular complexity index is 881. The average Bonchev–Trinajstić information content (AvgIpc) is 3.02. The Morgan fingerprint density at radius 1 is 1.18 bits per heavy atom. The van der Waals surface area contributed by atoms with Gasteiger partial charge in [0.2, 0.25) is 11.7 Å². The van der Waals surface area contributed by atoms with Crippen LogP contribution in [0, 0.1) is 13.8 Å². The molecule has 0 aliphatic rings. The molecule has 1 aromatic carbocycles. The summed E-state index contributed by atoms with van der Waals surface area (Å²) in [5.41, 5.74) is 2.89. The van der Waals surface area contributed by atoms with E-state index in [2.05, 4.69) is 10.3 Å². The molecular weight excluding hydrogens is 360 g/mol. The molecule has 0 unspecified atom stereocenters. The summed E-state index contributed by atoms with van der Waals surface area (Å²) in [4.78, 5) is 39.1. The Balaban J connectivity index is 1.82. The van der Waals surface area contributed by atoms with Crippen LogP contribution in [0.2, 0.25) is 0 Å². The van der Waals surface area contributed by atoms with Crippen LogP contribution in [-0.2, 0) is 14.3 Å². The Morgan fingerprint density at radius 2 is 1.86 bits per heavy atom. The summed E-state index contributed by atoms with van der Waals surface area (Å²) in [5, 5.41) is 2.51. The molecule has 0 bridgehead atoms. The van der Waals surface area contributed by atoms with Gasteiger partial charge in [0, 0.05) is 23.0 Å². The third-order valence-electron chi connectivity index (χ3n) is 4.05. The van der Waals surface area contributed by atoms with Crippen LogP contribution in [0.5, 0.6) is 5.75 Å². The molecule has 1 amide bonds. The van der Waals surface area contributed by atoms with Crippen molar-refractivity contribution in [3.8, 4) is 5.75 Å². The predicted octanol–water partition coefficient (Wildman–Crippen LogP) is 2.58. The smallest absolute Gasteiger partial charge is 0.328 e. The maximum atomic E-state index is 12.1. The van der Waals surface area contributed by atoms with Crippen molar-refractivity contribution >= 4 is 23.7 Å². The highest BCUT2D eigenvalue weighted by Gasteiger charge is 2.19. The lowest BCUT2D eigenvalue weighted by atomic mass is 10.1. The van der Waals surface area contributed by atoms with Crippen LogP contribution in [0.25, 0.3) is 6.08 Å². The first-order chi connectivity index (χ1) is 13.3. The van der Waals surface area contributed by atoms with Crippen molar-refractivity contribution in [2.24, 2.45) is 0 Å².